The number of carbonyl (C=O) groups is 1. The van der Waals surface area contributed by atoms with Crippen molar-refractivity contribution in [1.29, 1.82) is 0 Å². The van der Waals surface area contributed by atoms with Crippen LogP contribution in [0.4, 0.5) is 4.39 Å². The van der Waals surface area contributed by atoms with E-state index in [1.54, 1.807) is 11.0 Å². The lowest BCUT2D eigenvalue weighted by Gasteiger charge is -2.27. The monoisotopic (exact) mass is 288 g/mol. The molecule has 0 saturated heterocycles. The summed E-state index contributed by atoms with van der Waals surface area (Å²) < 4.78 is 13.1. The molecule has 0 bridgehead atoms. The first-order chi connectivity index (χ1) is 8.54. The molecule has 1 aromatic carbocycles. The number of halogens is 2. The van der Waals surface area contributed by atoms with Crippen molar-refractivity contribution in [2.24, 2.45) is 0 Å². The lowest BCUT2D eigenvalue weighted by molar-refractivity contribution is -0.133. The molecule has 1 N–H and O–H groups in total. The first-order valence-electron chi connectivity index (χ1n) is 6.23. The van der Waals surface area contributed by atoms with Crippen molar-refractivity contribution >= 4 is 18.3 Å². The molecule has 0 aliphatic carbocycles. The topological polar surface area (TPSA) is 32.3 Å². The molecule has 0 aromatic heterocycles. The lowest BCUT2D eigenvalue weighted by atomic mass is 10.1. The molecule has 108 valence electrons. The number of benzene rings is 1. The van der Waals surface area contributed by atoms with Gasteiger partial charge in [-0.25, -0.2) is 4.39 Å². The zero-order valence-electron chi connectivity index (χ0n) is 11.6. The summed E-state index contributed by atoms with van der Waals surface area (Å²) in [5.74, 6) is -0.178. The molecular weight excluding hydrogens is 267 g/mol. The third kappa shape index (κ3) is 6.03. The summed E-state index contributed by atoms with van der Waals surface area (Å²) in [6, 6.07) is 6.50. The van der Waals surface area contributed by atoms with Gasteiger partial charge in [-0.15, -0.1) is 12.4 Å². The molecule has 0 radical (unpaired) electrons. The number of nitrogens with zero attached hydrogens (tertiary/aromatic N) is 1. The molecule has 0 fully saturated rings. The molecule has 5 heteroatoms. The molecule has 0 aliphatic heterocycles. The van der Waals surface area contributed by atoms with E-state index in [0.717, 1.165) is 5.56 Å². The van der Waals surface area contributed by atoms with Crippen LogP contribution in [-0.2, 0) is 11.3 Å². The Labute approximate surface area is 120 Å². The molecule has 3 nitrogen and oxygen atoms in total. The Bertz CT molecular complexity index is 399. The second kappa shape index (κ2) is 8.88. The first-order valence-corrected chi connectivity index (χ1v) is 6.23. The van der Waals surface area contributed by atoms with Crippen LogP contribution >= 0.6 is 12.4 Å². The van der Waals surface area contributed by atoms with Gasteiger partial charge in [-0.2, -0.15) is 0 Å². The summed E-state index contributed by atoms with van der Waals surface area (Å²) in [4.78, 5) is 13.8. The van der Waals surface area contributed by atoms with Gasteiger partial charge in [-0.1, -0.05) is 12.1 Å². The second-order valence-corrected chi connectivity index (χ2v) is 4.60. The number of carbonyl (C=O) groups excluding carboxylic acids is 1. The van der Waals surface area contributed by atoms with E-state index in [2.05, 4.69) is 5.32 Å². The molecule has 0 unspecified atom stereocenters. The Kier molecular flexibility index (Phi) is 8.35. The van der Waals surface area contributed by atoms with Gasteiger partial charge >= 0.3 is 0 Å². The van der Waals surface area contributed by atoms with E-state index in [4.69, 9.17) is 0 Å². The van der Waals surface area contributed by atoms with E-state index in [1.165, 1.54) is 12.1 Å². The Morgan fingerprint density at radius 3 is 2.63 bits per heavy atom. The van der Waals surface area contributed by atoms with E-state index in [0.29, 0.717) is 19.5 Å². The standard InChI is InChI=1S/C14H21FN2O.ClH/c1-11(2)17(14(18)7-8-16-3)10-12-5-4-6-13(15)9-12;/h4-6,9,11,16H,7-8,10H2,1-3H3;1H. The van der Waals surface area contributed by atoms with Crippen molar-refractivity contribution < 1.29 is 9.18 Å². The van der Waals surface area contributed by atoms with E-state index >= 15 is 0 Å². The molecule has 0 atom stereocenters. The van der Waals surface area contributed by atoms with Crippen LogP contribution < -0.4 is 5.32 Å². The van der Waals surface area contributed by atoms with Crippen LogP contribution in [0.2, 0.25) is 0 Å². The largest absolute Gasteiger partial charge is 0.336 e. The van der Waals surface area contributed by atoms with Gasteiger partial charge in [0, 0.05) is 25.6 Å². The molecule has 1 rings (SSSR count). The second-order valence-electron chi connectivity index (χ2n) is 4.60. The third-order valence-corrected chi connectivity index (χ3v) is 2.77. The Hall–Kier alpha value is -1.13. The number of nitrogens with one attached hydrogen (secondary N) is 1. The highest BCUT2D eigenvalue weighted by Crippen LogP contribution is 2.11. The lowest BCUT2D eigenvalue weighted by Crippen LogP contribution is -2.37. The molecule has 1 amide bonds. The van der Waals surface area contributed by atoms with Gasteiger partial charge in [0.1, 0.15) is 5.82 Å². The van der Waals surface area contributed by atoms with Crippen molar-refractivity contribution in [2.75, 3.05) is 13.6 Å². The Balaban J connectivity index is 0.00000324. The molecule has 1 aromatic rings. The minimum Gasteiger partial charge on any atom is -0.336 e. The van der Waals surface area contributed by atoms with Crippen molar-refractivity contribution in [2.45, 2.75) is 32.9 Å². The van der Waals surface area contributed by atoms with E-state index in [9.17, 15) is 9.18 Å². The predicted molar refractivity (Wildman–Crippen MR) is 77.9 cm³/mol. The zero-order valence-corrected chi connectivity index (χ0v) is 12.5. The van der Waals surface area contributed by atoms with Gasteiger partial charge in [0.05, 0.1) is 0 Å². The molecule has 0 spiro atoms. The van der Waals surface area contributed by atoms with E-state index in [1.807, 2.05) is 27.0 Å². The van der Waals surface area contributed by atoms with Gasteiger partial charge in [-0.3, -0.25) is 4.79 Å². The fourth-order valence-corrected chi connectivity index (χ4v) is 1.77. The van der Waals surface area contributed by atoms with Gasteiger partial charge in [0.2, 0.25) is 5.91 Å². The normalized spacial score (nSPS) is 10.2. The minimum atomic E-state index is -0.265. The highest BCUT2D eigenvalue weighted by Gasteiger charge is 2.16. The van der Waals surface area contributed by atoms with Crippen LogP contribution in [0.25, 0.3) is 0 Å². The van der Waals surface area contributed by atoms with Gasteiger partial charge in [-0.05, 0) is 38.6 Å². The van der Waals surface area contributed by atoms with Gasteiger partial charge in [0.15, 0.2) is 0 Å². The average Bonchev–Trinajstić information content (AvgIpc) is 2.32. The van der Waals surface area contributed by atoms with Crippen molar-refractivity contribution in [3.05, 3.63) is 35.6 Å². The SMILES string of the molecule is CNCCC(=O)N(Cc1cccc(F)c1)C(C)C.Cl. The predicted octanol–water partition coefficient (Wildman–Crippen LogP) is 2.59. The molecule has 0 saturated carbocycles. The van der Waals surface area contributed by atoms with Crippen LogP contribution in [0.3, 0.4) is 0 Å². The summed E-state index contributed by atoms with van der Waals surface area (Å²) in [6.07, 6.45) is 0.462. The minimum absolute atomic E-state index is 0. The maximum atomic E-state index is 13.1. The summed E-state index contributed by atoms with van der Waals surface area (Å²) in [5, 5.41) is 2.96. The van der Waals surface area contributed by atoms with Gasteiger partial charge in [0.25, 0.3) is 0 Å². The Morgan fingerprint density at radius 2 is 2.11 bits per heavy atom. The molecule has 0 heterocycles. The first kappa shape index (κ1) is 17.9. The fourth-order valence-electron chi connectivity index (χ4n) is 1.77. The van der Waals surface area contributed by atoms with Crippen LogP contribution in [0.5, 0.6) is 0 Å². The number of hydrogen-bond donors (Lipinski definition) is 1. The van der Waals surface area contributed by atoms with Crippen molar-refractivity contribution in [3.8, 4) is 0 Å². The maximum absolute atomic E-state index is 13.1. The van der Waals surface area contributed by atoms with E-state index < -0.39 is 0 Å². The quantitative estimate of drug-likeness (QED) is 0.873. The molecule has 19 heavy (non-hydrogen) atoms. The van der Waals surface area contributed by atoms with Crippen LogP contribution in [0, 0.1) is 5.82 Å². The highest BCUT2D eigenvalue weighted by atomic mass is 35.5. The number of hydrogen-bond acceptors (Lipinski definition) is 2. The number of rotatable bonds is 6. The summed E-state index contributed by atoms with van der Waals surface area (Å²) in [5.41, 5.74) is 0.821. The van der Waals surface area contributed by atoms with Crippen LogP contribution in [0.15, 0.2) is 24.3 Å². The Morgan fingerprint density at radius 1 is 1.42 bits per heavy atom. The summed E-state index contributed by atoms with van der Waals surface area (Å²) >= 11 is 0. The number of amides is 1. The van der Waals surface area contributed by atoms with Gasteiger partial charge < -0.3 is 10.2 Å². The molecular formula is C14H22ClFN2O. The van der Waals surface area contributed by atoms with Crippen LogP contribution in [0.1, 0.15) is 25.8 Å². The smallest absolute Gasteiger partial charge is 0.224 e. The summed E-state index contributed by atoms with van der Waals surface area (Å²) in [7, 11) is 1.82. The third-order valence-electron chi connectivity index (χ3n) is 2.77. The van der Waals surface area contributed by atoms with Crippen molar-refractivity contribution in [3.63, 3.8) is 0 Å². The highest BCUT2D eigenvalue weighted by molar-refractivity contribution is 5.85. The summed E-state index contributed by atoms with van der Waals surface area (Å²) in [6.45, 7) is 5.05. The zero-order chi connectivity index (χ0) is 13.5. The average molecular weight is 289 g/mol. The fraction of sp³-hybridized carbons (Fsp3) is 0.500. The van der Waals surface area contributed by atoms with E-state index in [-0.39, 0.29) is 30.2 Å². The van der Waals surface area contributed by atoms with Crippen molar-refractivity contribution in [1.82, 2.24) is 10.2 Å². The maximum Gasteiger partial charge on any atom is 0.224 e. The van der Waals surface area contributed by atoms with Crippen LogP contribution in [-0.4, -0.2) is 30.4 Å². The molecule has 0 aliphatic rings.